The van der Waals surface area contributed by atoms with Crippen LogP contribution in [0.25, 0.3) is 0 Å². The summed E-state index contributed by atoms with van der Waals surface area (Å²) in [6.07, 6.45) is 2.22. The van der Waals surface area contributed by atoms with Gasteiger partial charge in [0.25, 0.3) is 0 Å². The molecular weight excluding hydrogens is 204 g/mol. The molecule has 3 atom stereocenters. The topological polar surface area (TPSA) is 55.0 Å². The molecule has 2 aliphatic carbocycles. The fourth-order valence-electron chi connectivity index (χ4n) is 3.15. The number of aromatic amines is 1. The lowest BCUT2D eigenvalue weighted by Gasteiger charge is -2.02. The molecule has 0 spiro atoms. The minimum atomic E-state index is -0.259. The van der Waals surface area contributed by atoms with E-state index in [1.807, 2.05) is 6.92 Å². The van der Waals surface area contributed by atoms with Crippen molar-refractivity contribution in [1.29, 1.82) is 0 Å². The van der Waals surface area contributed by atoms with E-state index in [4.69, 9.17) is 4.74 Å². The van der Waals surface area contributed by atoms with Gasteiger partial charge in [-0.25, -0.2) is 4.79 Å². The third kappa shape index (κ3) is 1.16. The van der Waals surface area contributed by atoms with Crippen LogP contribution in [0.3, 0.4) is 0 Å². The molecule has 16 heavy (non-hydrogen) atoms. The van der Waals surface area contributed by atoms with Crippen molar-refractivity contribution in [2.24, 2.45) is 11.8 Å². The average Bonchev–Trinajstić information content (AvgIpc) is 2.64. The van der Waals surface area contributed by atoms with Gasteiger partial charge < -0.3 is 4.74 Å². The van der Waals surface area contributed by atoms with Gasteiger partial charge in [-0.1, -0.05) is 13.3 Å². The van der Waals surface area contributed by atoms with Crippen LogP contribution in [-0.4, -0.2) is 22.8 Å². The minimum absolute atomic E-state index is 0.259. The number of rotatable bonds is 3. The highest BCUT2D eigenvalue weighted by atomic mass is 16.5. The first-order valence-electron chi connectivity index (χ1n) is 6.02. The minimum Gasteiger partial charge on any atom is -0.461 e. The number of hydrogen-bond acceptors (Lipinski definition) is 3. The normalized spacial score (nSPS) is 29.8. The summed E-state index contributed by atoms with van der Waals surface area (Å²) in [5.41, 5.74) is 2.82. The Morgan fingerprint density at radius 3 is 3.06 bits per heavy atom. The van der Waals surface area contributed by atoms with Gasteiger partial charge in [0.05, 0.1) is 12.3 Å². The highest BCUT2D eigenvalue weighted by molar-refractivity contribution is 5.89. The molecule has 4 nitrogen and oxygen atoms in total. The van der Waals surface area contributed by atoms with Crippen molar-refractivity contribution in [1.82, 2.24) is 10.2 Å². The van der Waals surface area contributed by atoms with Crippen LogP contribution in [0.15, 0.2) is 0 Å². The van der Waals surface area contributed by atoms with Crippen LogP contribution < -0.4 is 0 Å². The van der Waals surface area contributed by atoms with Crippen LogP contribution in [0, 0.1) is 11.8 Å². The monoisotopic (exact) mass is 220 g/mol. The molecule has 1 aromatic heterocycles. The number of carbonyl (C=O) groups is 1. The molecule has 0 radical (unpaired) electrons. The number of hydrogen-bond donors (Lipinski definition) is 1. The Morgan fingerprint density at radius 2 is 2.38 bits per heavy atom. The van der Waals surface area contributed by atoms with Gasteiger partial charge in [-0.2, -0.15) is 5.10 Å². The molecule has 1 aromatic rings. The highest BCUT2D eigenvalue weighted by Gasteiger charge is 2.57. The van der Waals surface area contributed by atoms with Crippen molar-refractivity contribution >= 4 is 5.97 Å². The zero-order valence-electron chi connectivity index (χ0n) is 9.62. The van der Waals surface area contributed by atoms with Crippen LogP contribution in [0.4, 0.5) is 0 Å². The average molecular weight is 220 g/mol. The van der Waals surface area contributed by atoms with E-state index in [-0.39, 0.29) is 5.97 Å². The van der Waals surface area contributed by atoms with Gasteiger partial charge in [0.1, 0.15) is 5.69 Å². The lowest BCUT2D eigenvalue weighted by atomic mass is 10.1. The first kappa shape index (κ1) is 9.87. The molecule has 1 saturated carbocycles. The maximum Gasteiger partial charge on any atom is 0.356 e. The quantitative estimate of drug-likeness (QED) is 0.791. The number of esters is 1. The number of nitrogens with one attached hydrogen (secondary N) is 1. The van der Waals surface area contributed by atoms with E-state index < -0.39 is 0 Å². The van der Waals surface area contributed by atoms with Gasteiger partial charge in [-0.3, -0.25) is 5.10 Å². The second kappa shape index (κ2) is 3.34. The molecule has 0 bridgehead atoms. The SMILES string of the molecule is CCOC(=O)c1[nH]nc2c1C[C@H]1[C@@H](CC)[C@@H]21. The molecular formula is C12H16N2O2. The van der Waals surface area contributed by atoms with Crippen molar-refractivity contribution in [2.75, 3.05) is 6.61 Å². The molecule has 3 rings (SSSR count). The number of H-pyrrole nitrogens is 1. The molecule has 1 heterocycles. The van der Waals surface area contributed by atoms with Crippen molar-refractivity contribution in [3.05, 3.63) is 17.0 Å². The van der Waals surface area contributed by atoms with Crippen LogP contribution in [0.5, 0.6) is 0 Å². The summed E-state index contributed by atoms with van der Waals surface area (Å²) in [5.74, 6) is 1.89. The fourth-order valence-corrected chi connectivity index (χ4v) is 3.15. The molecule has 0 aliphatic heterocycles. The summed E-state index contributed by atoms with van der Waals surface area (Å²) in [5, 5.41) is 7.13. The van der Waals surface area contributed by atoms with E-state index in [2.05, 4.69) is 17.1 Å². The Morgan fingerprint density at radius 1 is 1.56 bits per heavy atom. The van der Waals surface area contributed by atoms with Crippen LogP contribution in [0.1, 0.15) is 47.9 Å². The molecule has 0 unspecified atom stereocenters. The largest absolute Gasteiger partial charge is 0.461 e. The fraction of sp³-hybridized carbons (Fsp3) is 0.667. The third-order valence-corrected chi connectivity index (χ3v) is 3.94. The molecule has 0 amide bonds. The Kier molecular flexibility index (Phi) is 2.06. The summed E-state index contributed by atoms with van der Waals surface area (Å²) >= 11 is 0. The van der Waals surface area contributed by atoms with E-state index in [0.29, 0.717) is 18.2 Å². The molecule has 4 heteroatoms. The molecule has 2 aliphatic rings. The van der Waals surface area contributed by atoms with E-state index in [9.17, 15) is 4.79 Å². The molecule has 0 saturated heterocycles. The number of carbonyl (C=O) groups excluding carboxylic acids is 1. The Balaban J connectivity index is 1.86. The van der Waals surface area contributed by atoms with Crippen LogP contribution in [0.2, 0.25) is 0 Å². The van der Waals surface area contributed by atoms with Crippen LogP contribution in [-0.2, 0) is 11.2 Å². The number of aromatic nitrogens is 2. The van der Waals surface area contributed by atoms with Crippen LogP contribution >= 0.6 is 0 Å². The summed E-state index contributed by atoms with van der Waals surface area (Å²) in [4.78, 5) is 11.6. The summed E-state index contributed by atoms with van der Waals surface area (Å²) < 4.78 is 5.00. The van der Waals surface area contributed by atoms with E-state index >= 15 is 0 Å². The second-order valence-electron chi connectivity index (χ2n) is 4.65. The first-order valence-corrected chi connectivity index (χ1v) is 6.02. The Labute approximate surface area is 94.4 Å². The standard InChI is InChI=1S/C12H16N2O2/c1-3-6-7-5-8-10(9(6)7)13-14-11(8)12(15)16-4-2/h6-7,9H,3-5H2,1-2H3,(H,13,14)/t6-,7+,9-/m1/s1. The number of nitrogens with zero attached hydrogens (tertiary/aromatic N) is 1. The molecule has 0 aromatic carbocycles. The molecule has 1 fully saturated rings. The van der Waals surface area contributed by atoms with E-state index in [1.165, 1.54) is 6.42 Å². The predicted octanol–water partition coefficient (Wildman–Crippen LogP) is 1.88. The second-order valence-corrected chi connectivity index (χ2v) is 4.65. The third-order valence-electron chi connectivity index (χ3n) is 3.94. The first-order chi connectivity index (χ1) is 7.77. The van der Waals surface area contributed by atoms with Gasteiger partial charge in [0.15, 0.2) is 0 Å². The van der Waals surface area contributed by atoms with Gasteiger partial charge in [-0.05, 0) is 25.2 Å². The lowest BCUT2D eigenvalue weighted by molar-refractivity contribution is 0.0518. The van der Waals surface area contributed by atoms with Gasteiger partial charge >= 0.3 is 5.97 Å². The van der Waals surface area contributed by atoms with Crippen molar-refractivity contribution < 1.29 is 9.53 Å². The smallest absolute Gasteiger partial charge is 0.356 e. The van der Waals surface area contributed by atoms with Gasteiger partial charge in [0.2, 0.25) is 0 Å². The van der Waals surface area contributed by atoms with Crippen molar-refractivity contribution in [2.45, 2.75) is 32.6 Å². The van der Waals surface area contributed by atoms with Gasteiger partial charge in [0, 0.05) is 11.5 Å². The van der Waals surface area contributed by atoms with E-state index in [1.54, 1.807) is 0 Å². The number of fused-ring (bicyclic) bond motifs is 3. The molecule has 86 valence electrons. The summed E-state index contributed by atoms with van der Waals surface area (Å²) in [6.45, 7) is 4.46. The highest BCUT2D eigenvalue weighted by Crippen LogP contribution is 2.62. The summed E-state index contributed by atoms with van der Waals surface area (Å²) in [7, 11) is 0. The number of ether oxygens (including phenoxy) is 1. The Hall–Kier alpha value is -1.32. The Bertz CT molecular complexity index is 438. The maximum atomic E-state index is 11.6. The van der Waals surface area contributed by atoms with Gasteiger partial charge in [-0.15, -0.1) is 0 Å². The zero-order valence-corrected chi connectivity index (χ0v) is 9.62. The van der Waals surface area contributed by atoms with Crippen molar-refractivity contribution in [3.63, 3.8) is 0 Å². The van der Waals surface area contributed by atoms with Crippen molar-refractivity contribution in [3.8, 4) is 0 Å². The zero-order chi connectivity index (χ0) is 11.3. The lowest BCUT2D eigenvalue weighted by Crippen LogP contribution is -2.08. The van der Waals surface area contributed by atoms with E-state index in [0.717, 1.165) is 29.5 Å². The molecule has 1 N–H and O–H groups in total. The predicted molar refractivity (Wildman–Crippen MR) is 58.3 cm³/mol. The summed E-state index contributed by atoms with van der Waals surface area (Å²) in [6, 6.07) is 0. The maximum absolute atomic E-state index is 11.6.